The van der Waals surface area contributed by atoms with Crippen molar-refractivity contribution in [3.63, 3.8) is 0 Å². The maximum absolute atomic E-state index is 11.8. The number of nitriles is 1. The Morgan fingerprint density at radius 2 is 1.98 bits per heavy atom. The fraction of sp³-hybridized carbons (Fsp3) is 0.410. The van der Waals surface area contributed by atoms with Crippen LogP contribution in [0.3, 0.4) is 0 Å². The molecule has 1 aromatic heterocycles. The van der Waals surface area contributed by atoms with Gasteiger partial charge in [-0.1, -0.05) is 59.6 Å². The highest BCUT2D eigenvalue weighted by molar-refractivity contribution is 6.34. The summed E-state index contributed by atoms with van der Waals surface area (Å²) in [6, 6.07) is 15.6. The van der Waals surface area contributed by atoms with Crippen LogP contribution in [0.15, 0.2) is 78.8 Å². The first-order chi connectivity index (χ1) is 25.0. The van der Waals surface area contributed by atoms with Crippen LogP contribution < -0.4 is 10.1 Å². The summed E-state index contributed by atoms with van der Waals surface area (Å²) in [6.07, 6.45) is 9.98. The maximum atomic E-state index is 11.8. The maximum Gasteiger partial charge on any atom is 0.326 e. The molecule has 6 rings (SSSR count). The lowest BCUT2D eigenvalue weighted by Gasteiger charge is -2.35. The number of aliphatic hydroxyl groups excluding tert-OH is 2. The summed E-state index contributed by atoms with van der Waals surface area (Å²) in [5, 5.41) is 40.4. The minimum atomic E-state index is -1.56. The monoisotopic (exact) mass is 748 g/mol. The number of nitrogens with one attached hydrogen (secondary N) is 1. The third-order valence-electron chi connectivity index (χ3n) is 9.70. The molecule has 2 unspecified atom stereocenters. The summed E-state index contributed by atoms with van der Waals surface area (Å²) in [7, 11) is 0. The Morgan fingerprint density at radius 1 is 1.19 bits per heavy atom. The summed E-state index contributed by atoms with van der Waals surface area (Å²) in [6.45, 7) is 3.82. The van der Waals surface area contributed by atoms with Crippen molar-refractivity contribution in [1.29, 1.82) is 5.26 Å². The molecule has 3 aromatic rings. The minimum absolute atomic E-state index is 0.0869. The Kier molecular flexibility index (Phi) is 11.9. The SMILES string of the molecule is C[C@@](CO)(NCC1C=CC(Cl)(O[C@H]2CCc3c(-c4cccc(OCCCN5CC(O)C5)c4Cl)cccc32)C=C1OCc1cncc(C#N)c1)C(=O)O. The van der Waals surface area contributed by atoms with E-state index in [9.17, 15) is 25.4 Å². The average Bonchev–Trinajstić information content (AvgIpc) is 3.53. The zero-order valence-electron chi connectivity index (χ0n) is 28.8. The molecule has 1 saturated heterocycles. The summed E-state index contributed by atoms with van der Waals surface area (Å²) in [4.78, 5) is 18.1. The first kappa shape index (κ1) is 37.8. The number of halogens is 2. The number of carbonyl (C=O) groups is 1. The number of carboxylic acid groups (broad SMARTS) is 1. The van der Waals surface area contributed by atoms with Gasteiger partial charge in [-0.2, -0.15) is 5.26 Å². The summed E-state index contributed by atoms with van der Waals surface area (Å²) < 4.78 is 18.9. The van der Waals surface area contributed by atoms with Gasteiger partial charge in [0.2, 0.25) is 0 Å². The Labute approximate surface area is 313 Å². The topological polar surface area (TPSA) is 157 Å². The predicted octanol–water partition coefficient (Wildman–Crippen LogP) is 5.37. The number of likely N-dealkylation sites (tertiary alicyclic amines) is 1. The Bertz CT molecular complexity index is 1880. The molecule has 13 heteroatoms. The van der Waals surface area contributed by atoms with E-state index in [1.54, 1.807) is 24.4 Å². The van der Waals surface area contributed by atoms with Crippen LogP contribution in [0, 0.1) is 17.2 Å². The molecule has 0 radical (unpaired) electrons. The molecule has 4 N–H and O–H groups in total. The second-order valence-electron chi connectivity index (χ2n) is 13.6. The lowest BCUT2D eigenvalue weighted by atomic mass is 9.95. The third-order valence-corrected chi connectivity index (χ3v) is 10.4. The molecule has 2 heterocycles. The van der Waals surface area contributed by atoms with Crippen molar-refractivity contribution < 1.29 is 34.3 Å². The first-order valence-corrected chi connectivity index (χ1v) is 18.1. The van der Waals surface area contributed by atoms with E-state index >= 15 is 0 Å². The van der Waals surface area contributed by atoms with Gasteiger partial charge >= 0.3 is 5.97 Å². The molecule has 4 atom stereocenters. The van der Waals surface area contributed by atoms with E-state index in [0.29, 0.717) is 53.8 Å². The number of alkyl halides is 1. The molecule has 3 aliphatic rings. The number of aliphatic carboxylic acids is 1. The number of aliphatic hydroxyl groups is 2. The van der Waals surface area contributed by atoms with E-state index in [1.165, 1.54) is 13.1 Å². The van der Waals surface area contributed by atoms with Gasteiger partial charge in [0, 0.05) is 61.7 Å². The number of nitrogens with zero attached hydrogens (tertiary/aromatic N) is 3. The van der Waals surface area contributed by atoms with Gasteiger partial charge in [0.25, 0.3) is 0 Å². The summed E-state index contributed by atoms with van der Waals surface area (Å²) in [5.74, 6) is -0.556. The van der Waals surface area contributed by atoms with Crippen LogP contribution in [0.5, 0.6) is 5.75 Å². The third kappa shape index (κ3) is 8.62. The number of hydrogen-bond acceptors (Lipinski definition) is 10. The number of benzene rings is 2. The van der Waals surface area contributed by atoms with Gasteiger partial charge in [-0.25, -0.2) is 0 Å². The number of ether oxygens (including phenoxy) is 3. The molecule has 0 spiro atoms. The van der Waals surface area contributed by atoms with Crippen LogP contribution in [0.4, 0.5) is 0 Å². The summed E-state index contributed by atoms with van der Waals surface area (Å²) in [5.41, 5.74) is 3.50. The zero-order valence-corrected chi connectivity index (χ0v) is 30.3. The number of β-amino-alcohol motifs (C(OH)–C–C–N with tert-alkyl or cyclic N) is 1. The van der Waals surface area contributed by atoms with E-state index in [1.807, 2.05) is 36.4 Å². The van der Waals surface area contributed by atoms with Crippen LogP contribution in [0.1, 0.15) is 48.1 Å². The predicted molar refractivity (Wildman–Crippen MR) is 196 cm³/mol. The number of pyridine rings is 1. The van der Waals surface area contributed by atoms with Gasteiger partial charge in [0.05, 0.1) is 36.0 Å². The highest BCUT2D eigenvalue weighted by atomic mass is 35.5. The molecular weight excluding hydrogens is 707 g/mol. The van der Waals surface area contributed by atoms with Crippen molar-refractivity contribution in [2.75, 3.05) is 39.4 Å². The number of fused-ring (bicyclic) bond motifs is 1. The van der Waals surface area contributed by atoms with Crippen molar-refractivity contribution in [1.82, 2.24) is 15.2 Å². The van der Waals surface area contributed by atoms with Crippen LogP contribution >= 0.6 is 23.2 Å². The van der Waals surface area contributed by atoms with Crippen LogP contribution in [-0.2, 0) is 27.3 Å². The number of hydrogen-bond donors (Lipinski definition) is 4. The molecule has 1 fully saturated rings. The Hall–Kier alpha value is -3.99. The normalized spacial score (nSPS) is 22.5. The van der Waals surface area contributed by atoms with Gasteiger partial charge in [0.15, 0.2) is 5.06 Å². The molecular formula is C39H42Cl2N4O7. The minimum Gasteiger partial charge on any atom is -0.493 e. The molecule has 11 nitrogen and oxygen atoms in total. The second-order valence-corrected chi connectivity index (χ2v) is 14.6. The van der Waals surface area contributed by atoms with Gasteiger partial charge in [-0.05, 0) is 61.1 Å². The van der Waals surface area contributed by atoms with Crippen molar-refractivity contribution in [2.45, 2.75) is 55.6 Å². The van der Waals surface area contributed by atoms with E-state index < -0.39 is 29.1 Å². The Morgan fingerprint density at radius 3 is 2.73 bits per heavy atom. The fourth-order valence-electron chi connectivity index (χ4n) is 6.65. The number of rotatable bonds is 16. The van der Waals surface area contributed by atoms with Crippen LogP contribution in [0.2, 0.25) is 5.02 Å². The number of aromatic nitrogens is 1. The largest absolute Gasteiger partial charge is 0.493 e. The first-order valence-electron chi connectivity index (χ1n) is 17.3. The second kappa shape index (κ2) is 16.4. The molecule has 52 heavy (non-hydrogen) atoms. The van der Waals surface area contributed by atoms with E-state index in [-0.39, 0.29) is 25.4 Å². The quantitative estimate of drug-likeness (QED) is 0.0849. The van der Waals surface area contributed by atoms with Crippen molar-refractivity contribution in [2.24, 2.45) is 5.92 Å². The zero-order chi connectivity index (χ0) is 36.9. The van der Waals surface area contributed by atoms with Gasteiger partial charge in [-0.15, -0.1) is 0 Å². The van der Waals surface area contributed by atoms with E-state index in [0.717, 1.165) is 41.6 Å². The highest BCUT2D eigenvalue weighted by Crippen LogP contribution is 2.46. The van der Waals surface area contributed by atoms with Crippen LogP contribution in [-0.4, -0.2) is 87.3 Å². The average molecular weight is 750 g/mol. The van der Waals surface area contributed by atoms with Gasteiger partial charge < -0.3 is 29.5 Å². The highest BCUT2D eigenvalue weighted by Gasteiger charge is 2.38. The lowest BCUT2D eigenvalue weighted by Crippen LogP contribution is -2.54. The summed E-state index contributed by atoms with van der Waals surface area (Å²) >= 11 is 14.1. The van der Waals surface area contributed by atoms with Gasteiger partial charge in [0.1, 0.15) is 29.7 Å². The van der Waals surface area contributed by atoms with Crippen molar-refractivity contribution >= 4 is 29.2 Å². The molecule has 2 aromatic carbocycles. The van der Waals surface area contributed by atoms with E-state index in [4.69, 9.17) is 37.4 Å². The van der Waals surface area contributed by atoms with Crippen LogP contribution in [0.25, 0.3) is 11.1 Å². The smallest absolute Gasteiger partial charge is 0.326 e. The lowest BCUT2D eigenvalue weighted by molar-refractivity contribution is -0.145. The molecule has 0 bridgehead atoms. The van der Waals surface area contributed by atoms with Crippen molar-refractivity contribution in [3.05, 3.63) is 106 Å². The molecule has 274 valence electrons. The van der Waals surface area contributed by atoms with E-state index in [2.05, 4.69) is 27.3 Å². The Balaban J connectivity index is 1.18. The molecule has 0 amide bonds. The molecule has 2 aliphatic carbocycles. The van der Waals surface area contributed by atoms with Crippen molar-refractivity contribution in [3.8, 4) is 22.9 Å². The fourth-order valence-corrected chi connectivity index (χ4v) is 7.22. The molecule has 0 saturated carbocycles. The molecule has 1 aliphatic heterocycles. The standard InChI is InChI=1S/C39H42Cl2N4O7/c1-38(24-46,37(48)49)44-20-27-11-12-39(41,16-35(27)51-23-26-15-25(17-42)18-43-19-26)52-33-10-9-30-29(5-2-6-31(30)33)32-7-3-8-34(36(32)40)50-14-4-13-45-21-28(47)22-45/h2-3,5-8,11-12,15-16,18-19,27-28,33,44,46-47H,4,9-10,13-14,20-24H2,1H3,(H,48,49)/t27?,33-,38-,39?/m0/s1. The number of carboxylic acids is 1. The van der Waals surface area contributed by atoms with Gasteiger partial charge in [-0.3, -0.25) is 20.0 Å².